The summed E-state index contributed by atoms with van der Waals surface area (Å²) in [6, 6.07) is 18.0. The van der Waals surface area contributed by atoms with Crippen molar-refractivity contribution in [2.45, 2.75) is 19.4 Å². The van der Waals surface area contributed by atoms with E-state index >= 15 is 0 Å². The van der Waals surface area contributed by atoms with Crippen LogP contribution in [0.4, 0.5) is 4.39 Å². The summed E-state index contributed by atoms with van der Waals surface area (Å²) in [7, 11) is 1.64. The van der Waals surface area contributed by atoms with E-state index in [9.17, 15) is 9.18 Å². The molecule has 0 saturated heterocycles. The molecule has 25 heavy (non-hydrogen) atoms. The van der Waals surface area contributed by atoms with Crippen molar-refractivity contribution in [2.75, 3.05) is 7.11 Å². The molecule has 3 nitrogen and oxygen atoms in total. The lowest BCUT2D eigenvalue weighted by Gasteiger charge is -2.14. The first-order valence-corrected chi connectivity index (χ1v) is 8.16. The monoisotopic (exact) mass is 337 g/mol. The number of carbonyl (C=O) groups excluding carboxylic acids is 1. The van der Waals surface area contributed by atoms with E-state index < -0.39 is 0 Å². The van der Waals surface area contributed by atoms with Crippen LogP contribution >= 0.6 is 0 Å². The summed E-state index contributed by atoms with van der Waals surface area (Å²) < 4.78 is 18.1. The third kappa shape index (κ3) is 3.97. The van der Waals surface area contributed by atoms with Crippen LogP contribution in [0.2, 0.25) is 0 Å². The quantitative estimate of drug-likeness (QED) is 0.749. The van der Waals surface area contributed by atoms with E-state index in [0.717, 1.165) is 27.6 Å². The Hall–Kier alpha value is -2.88. The maximum atomic E-state index is 12.9. The van der Waals surface area contributed by atoms with Crippen molar-refractivity contribution in [1.82, 2.24) is 5.32 Å². The highest BCUT2D eigenvalue weighted by molar-refractivity contribution is 5.88. The first kappa shape index (κ1) is 17.0. The molecule has 0 bridgehead atoms. The molecule has 128 valence electrons. The van der Waals surface area contributed by atoms with Crippen molar-refractivity contribution in [1.29, 1.82) is 0 Å². The van der Waals surface area contributed by atoms with Crippen LogP contribution in [0.3, 0.4) is 0 Å². The second-order valence-electron chi connectivity index (χ2n) is 6.04. The zero-order valence-electron chi connectivity index (χ0n) is 14.3. The SMILES string of the molecule is COc1ccc2cc([C@H](C)C(=O)NCc3ccc(F)cc3)ccc2c1. The number of nitrogens with one attached hydrogen (secondary N) is 1. The van der Waals surface area contributed by atoms with Crippen molar-refractivity contribution in [2.24, 2.45) is 0 Å². The van der Waals surface area contributed by atoms with E-state index in [-0.39, 0.29) is 17.6 Å². The van der Waals surface area contributed by atoms with Crippen LogP contribution in [-0.2, 0) is 11.3 Å². The average Bonchev–Trinajstić information content (AvgIpc) is 2.65. The molecule has 0 aromatic heterocycles. The average molecular weight is 337 g/mol. The molecule has 0 aliphatic heterocycles. The normalized spacial score (nSPS) is 12.0. The van der Waals surface area contributed by atoms with Gasteiger partial charge >= 0.3 is 0 Å². The standard InChI is InChI=1S/C21H20FNO2/c1-14(21(24)23-13-15-3-8-19(22)9-4-15)16-5-6-18-12-20(25-2)10-7-17(18)11-16/h3-12,14H,13H2,1-2H3,(H,23,24)/t14-/m0/s1. The Morgan fingerprint density at radius 3 is 2.44 bits per heavy atom. The number of ether oxygens (including phenoxy) is 1. The smallest absolute Gasteiger partial charge is 0.227 e. The van der Waals surface area contributed by atoms with E-state index in [1.807, 2.05) is 43.3 Å². The van der Waals surface area contributed by atoms with Gasteiger partial charge in [-0.05, 0) is 53.1 Å². The number of benzene rings is 3. The van der Waals surface area contributed by atoms with Gasteiger partial charge in [-0.15, -0.1) is 0 Å². The Bertz CT molecular complexity index is 890. The van der Waals surface area contributed by atoms with Crippen molar-refractivity contribution >= 4 is 16.7 Å². The number of fused-ring (bicyclic) bond motifs is 1. The highest BCUT2D eigenvalue weighted by atomic mass is 19.1. The lowest BCUT2D eigenvalue weighted by atomic mass is 9.97. The Balaban J connectivity index is 1.70. The summed E-state index contributed by atoms with van der Waals surface area (Å²) in [5, 5.41) is 5.04. The van der Waals surface area contributed by atoms with Crippen LogP contribution in [0.15, 0.2) is 60.7 Å². The van der Waals surface area contributed by atoms with E-state index in [4.69, 9.17) is 4.74 Å². The maximum absolute atomic E-state index is 12.9. The third-order valence-electron chi connectivity index (χ3n) is 4.34. The first-order chi connectivity index (χ1) is 12.1. The largest absolute Gasteiger partial charge is 0.497 e. The van der Waals surface area contributed by atoms with Crippen molar-refractivity contribution in [3.8, 4) is 5.75 Å². The molecule has 0 aliphatic rings. The van der Waals surface area contributed by atoms with Gasteiger partial charge in [0.05, 0.1) is 13.0 Å². The molecule has 1 atom stereocenters. The highest BCUT2D eigenvalue weighted by Gasteiger charge is 2.15. The molecule has 0 unspecified atom stereocenters. The van der Waals surface area contributed by atoms with Gasteiger partial charge in [0.2, 0.25) is 5.91 Å². The molecule has 0 aliphatic carbocycles. The van der Waals surface area contributed by atoms with Gasteiger partial charge in [-0.25, -0.2) is 4.39 Å². The van der Waals surface area contributed by atoms with Crippen molar-refractivity contribution in [3.05, 3.63) is 77.6 Å². The fourth-order valence-electron chi connectivity index (χ4n) is 2.73. The second-order valence-corrected chi connectivity index (χ2v) is 6.04. The van der Waals surface area contributed by atoms with Crippen LogP contribution in [0.25, 0.3) is 10.8 Å². The Morgan fingerprint density at radius 2 is 1.72 bits per heavy atom. The molecule has 1 N–H and O–H groups in total. The molecule has 3 aromatic rings. The molecule has 0 fully saturated rings. The van der Waals surface area contributed by atoms with Gasteiger partial charge in [0.1, 0.15) is 11.6 Å². The third-order valence-corrected chi connectivity index (χ3v) is 4.34. The zero-order chi connectivity index (χ0) is 17.8. The molecule has 1 amide bonds. The number of hydrogen-bond donors (Lipinski definition) is 1. The molecule has 4 heteroatoms. The minimum absolute atomic E-state index is 0.0582. The van der Waals surface area contributed by atoms with Gasteiger partial charge in [0, 0.05) is 6.54 Å². The molecular weight excluding hydrogens is 317 g/mol. The predicted molar refractivity (Wildman–Crippen MR) is 97.2 cm³/mol. The predicted octanol–water partition coefficient (Wildman–Crippen LogP) is 4.41. The van der Waals surface area contributed by atoms with Gasteiger partial charge in [0.15, 0.2) is 0 Å². The van der Waals surface area contributed by atoms with E-state index in [0.29, 0.717) is 6.54 Å². The van der Waals surface area contributed by atoms with Gasteiger partial charge in [-0.3, -0.25) is 4.79 Å². The van der Waals surface area contributed by atoms with Gasteiger partial charge in [-0.2, -0.15) is 0 Å². The van der Waals surface area contributed by atoms with Gasteiger partial charge < -0.3 is 10.1 Å². The Labute approximate surface area is 146 Å². The Kier molecular flexibility index (Phi) is 4.98. The summed E-state index contributed by atoms with van der Waals surface area (Å²) in [5.41, 5.74) is 1.82. The maximum Gasteiger partial charge on any atom is 0.227 e. The van der Waals surface area contributed by atoms with E-state index in [2.05, 4.69) is 5.32 Å². The topological polar surface area (TPSA) is 38.3 Å². The number of hydrogen-bond acceptors (Lipinski definition) is 2. The molecule has 3 aromatic carbocycles. The molecule has 0 saturated carbocycles. The van der Waals surface area contributed by atoms with Crippen molar-refractivity contribution < 1.29 is 13.9 Å². The molecular formula is C21H20FNO2. The Morgan fingerprint density at radius 1 is 1.04 bits per heavy atom. The first-order valence-electron chi connectivity index (χ1n) is 8.16. The van der Waals surface area contributed by atoms with Crippen LogP contribution < -0.4 is 10.1 Å². The van der Waals surface area contributed by atoms with E-state index in [1.165, 1.54) is 12.1 Å². The summed E-state index contributed by atoms with van der Waals surface area (Å²) >= 11 is 0. The van der Waals surface area contributed by atoms with Crippen LogP contribution in [0, 0.1) is 5.82 Å². The minimum atomic E-state index is -0.281. The zero-order valence-corrected chi connectivity index (χ0v) is 14.3. The van der Waals surface area contributed by atoms with Crippen LogP contribution in [-0.4, -0.2) is 13.0 Å². The number of methoxy groups -OCH3 is 1. The summed E-state index contributed by atoms with van der Waals surface area (Å²) in [6.45, 7) is 2.26. The van der Waals surface area contributed by atoms with Crippen LogP contribution in [0.5, 0.6) is 5.75 Å². The van der Waals surface area contributed by atoms with Gasteiger partial charge in [-0.1, -0.05) is 36.4 Å². The summed E-state index contributed by atoms with van der Waals surface area (Å²) in [4.78, 5) is 12.4. The van der Waals surface area contributed by atoms with Gasteiger partial charge in [0.25, 0.3) is 0 Å². The number of carbonyl (C=O) groups is 1. The molecule has 3 rings (SSSR count). The summed E-state index contributed by atoms with van der Waals surface area (Å²) in [5.74, 6) is 0.200. The number of halogens is 1. The van der Waals surface area contributed by atoms with Crippen molar-refractivity contribution in [3.63, 3.8) is 0 Å². The lowest BCUT2D eigenvalue weighted by Crippen LogP contribution is -2.27. The fourth-order valence-corrected chi connectivity index (χ4v) is 2.73. The minimum Gasteiger partial charge on any atom is -0.497 e. The fraction of sp³-hybridized carbons (Fsp3) is 0.190. The lowest BCUT2D eigenvalue weighted by molar-refractivity contribution is -0.122. The second kappa shape index (κ2) is 7.34. The molecule has 0 heterocycles. The molecule has 0 spiro atoms. The number of amides is 1. The van der Waals surface area contributed by atoms with Crippen LogP contribution in [0.1, 0.15) is 24.0 Å². The summed E-state index contributed by atoms with van der Waals surface area (Å²) in [6.07, 6.45) is 0. The van der Waals surface area contributed by atoms with E-state index in [1.54, 1.807) is 19.2 Å². The number of rotatable bonds is 5. The molecule has 0 radical (unpaired) electrons. The highest BCUT2D eigenvalue weighted by Crippen LogP contribution is 2.25.